The third kappa shape index (κ3) is 4.03. The van der Waals surface area contributed by atoms with Crippen molar-refractivity contribution in [2.75, 3.05) is 32.7 Å². The first-order valence-electron chi connectivity index (χ1n) is 10.2. The number of alkyl halides is 1. The van der Waals surface area contributed by atoms with Gasteiger partial charge in [-0.25, -0.2) is 4.39 Å². The van der Waals surface area contributed by atoms with Crippen LogP contribution in [0.4, 0.5) is 4.39 Å². The fraction of sp³-hybridized carbons (Fsp3) is 0.391. The Morgan fingerprint density at radius 1 is 1.00 bits per heavy atom. The number of nitrogens with two attached hydrogens (primary N) is 1. The summed E-state index contributed by atoms with van der Waals surface area (Å²) in [7, 11) is 0. The van der Waals surface area contributed by atoms with E-state index >= 15 is 0 Å². The summed E-state index contributed by atoms with van der Waals surface area (Å²) in [5, 5.41) is 0. The van der Waals surface area contributed by atoms with Crippen molar-refractivity contribution in [3.63, 3.8) is 0 Å². The minimum Gasteiger partial charge on any atom is -0.366 e. The van der Waals surface area contributed by atoms with Crippen LogP contribution in [-0.4, -0.2) is 54.3 Å². The summed E-state index contributed by atoms with van der Waals surface area (Å²) in [6.45, 7) is 3.99. The number of nitrogens with zero attached hydrogens (tertiary/aromatic N) is 2. The minimum atomic E-state index is -0.684. The molecule has 0 aliphatic carbocycles. The van der Waals surface area contributed by atoms with Gasteiger partial charge in [-0.05, 0) is 72.8 Å². The molecule has 2 N–H and O–H groups in total. The number of rotatable bonds is 6. The van der Waals surface area contributed by atoms with Gasteiger partial charge in [0.2, 0.25) is 5.91 Å². The predicted molar refractivity (Wildman–Crippen MR) is 110 cm³/mol. The van der Waals surface area contributed by atoms with Crippen LogP contribution in [0.5, 0.6) is 0 Å². The lowest BCUT2D eigenvalue weighted by atomic mass is 9.91. The molecule has 2 aliphatic rings. The van der Waals surface area contributed by atoms with Crippen LogP contribution in [0, 0.1) is 0 Å². The molecule has 2 heterocycles. The van der Waals surface area contributed by atoms with Crippen molar-refractivity contribution in [1.29, 1.82) is 0 Å². The molecule has 1 saturated heterocycles. The molecule has 6 heteroatoms. The first-order valence-corrected chi connectivity index (χ1v) is 10.2. The number of hydrogen-bond acceptors (Lipinski definition) is 3. The van der Waals surface area contributed by atoms with E-state index in [0.717, 1.165) is 54.9 Å². The van der Waals surface area contributed by atoms with Crippen molar-refractivity contribution in [2.45, 2.75) is 25.9 Å². The summed E-state index contributed by atoms with van der Waals surface area (Å²) in [6.07, 6.45) is 3.29. The molecule has 5 nitrogen and oxygen atoms in total. The molecule has 4 rings (SSSR count). The van der Waals surface area contributed by atoms with Crippen LogP contribution >= 0.6 is 0 Å². The van der Waals surface area contributed by atoms with E-state index in [4.69, 9.17) is 5.73 Å². The molecule has 152 valence electrons. The van der Waals surface area contributed by atoms with Crippen molar-refractivity contribution >= 4 is 11.8 Å². The zero-order valence-corrected chi connectivity index (χ0v) is 16.5. The summed E-state index contributed by atoms with van der Waals surface area (Å²) in [4.78, 5) is 28.6. The quantitative estimate of drug-likeness (QED) is 0.818. The summed E-state index contributed by atoms with van der Waals surface area (Å²) >= 11 is 0. The van der Waals surface area contributed by atoms with Gasteiger partial charge in [-0.2, -0.15) is 0 Å². The number of primary amides is 1. The number of hydrogen-bond donors (Lipinski definition) is 1. The largest absolute Gasteiger partial charge is 0.366 e. The average molecular weight is 395 g/mol. The maximum atomic E-state index is 13.6. The van der Waals surface area contributed by atoms with Crippen LogP contribution in [0.15, 0.2) is 36.4 Å². The number of carbonyl (C=O) groups is 2. The van der Waals surface area contributed by atoms with Crippen LogP contribution < -0.4 is 5.73 Å². The van der Waals surface area contributed by atoms with E-state index < -0.39 is 12.6 Å². The van der Waals surface area contributed by atoms with E-state index in [2.05, 4.69) is 4.90 Å². The predicted octanol–water partition coefficient (Wildman–Crippen LogP) is 3.02. The van der Waals surface area contributed by atoms with E-state index in [1.54, 1.807) is 12.1 Å². The maximum Gasteiger partial charge on any atom is 0.254 e. The van der Waals surface area contributed by atoms with Crippen LogP contribution in [0.2, 0.25) is 0 Å². The van der Waals surface area contributed by atoms with Crippen molar-refractivity contribution in [3.05, 3.63) is 58.7 Å². The second-order valence-corrected chi connectivity index (χ2v) is 7.83. The van der Waals surface area contributed by atoms with E-state index in [0.29, 0.717) is 17.7 Å². The molecule has 2 aromatic carbocycles. The average Bonchev–Trinajstić information content (AvgIpc) is 3.26. The van der Waals surface area contributed by atoms with Crippen molar-refractivity contribution < 1.29 is 14.0 Å². The Hall–Kier alpha value is -2.73. The summed E-state index contributed by atoms with van der Waals surface area (Å²) in [5.41, 5.74) is 9.33. The van der Waals surface area contributed by atoms with Crippen LogP contribution in [0.3, 0.4) is 0 Å². The Morgan fingerprint density at radius 3 is 2.48 bits per heavy atom. The molecule has 2 aliphatic heterocycles. The molecular formula is C23H26FN3O2. The Bertz CT molecular complexity index is 938. The molecule has 2 aromatic rings. The number of carbonyl (C=O) groups excluding carboxylic acids is 2. The first kappa shape index (κ1) is 19.6. The van der Waals surface area contributed by atoms with Gasteiger partial charge in [-0.15, -0.1) is 0 Å². The molecule has 29 heavy (non-hydrogen) atoms. The zero-order valence-electron chi connectivity index (χ0n) is 16.5. The second kappa shape index (κ2) is 8.33. The van der Waals surface area contributed by atoms with E-state index in [9.17, 15) is 14.0 Å². The van der Waals surface area contributed by atoms with Gasteiger partial charge in [-0.3, -0.25) is 9.59 Å². The van der Waals surface area contributed by atoms with Crippen molar-refractivity contribution in [1.82, 2.24) is 9.80 Å². The lowest BCUT2D eigenvalue weighted by Gasteiger charge is -2.30. The van der Waals surface area contributed by atoms with Gasteiger partial charge in [0.05, 0.1) is 0 Å². The number of fused-ring (bicyclic) bond motifs is 1. The van der Waals surface area contributed by atoms with Crippen molar-refractivity contribution in [3.8, 4) is 11.1 Å². The molecule has 0 saturated carbocycles. The highest BCUT2D eigenvalue weighted by Gasteiger charge is 2.25. The summed E-state index contributed by atoms with van der Waals surface area (Å²) < 4.78 is 13.6. The Morgan fingerprint density at radius 2 is 1.76 bits per heavy atom. The van der Waals surface area contributed by atoms with Gasteiger partial charge in [0.25, 0.3) is 5.91 Å². The molecule has 0 bridgehead atoms. The molecule has 1 fully saturated rings. The van der Waals surface area contributed by atoms with Crippen molar-refractivity contribution in [2.24, 2.45) is 5.73 Å². The summed E-state index contributed by atoms with van der Waals surface area (Å²) in [5.74, 6) is -0.497. The lowest BCUT2D eigenvalue weighted by Crippen LogP contribution is -2.42. The molecule has 0 aromatic heterocycles. The third-order valence-electron chi connectivity index (χ3n) is 6.00. The van der Waals surface area contributed by atoms with E-state index in [1.165, 1.54) is 18.9 Å². The molecule has 0 atom stereocenters. The SMILES string of the molecule is NC(=O)c1ccc(-c2ccc3c(c2)CCN(CCN2CCCC2)C3=O)c(CF)c1. The Balaban J connectivity index is 1.54. The van der Waals surface area contributed by atoms with Gasteiger partial charge in [-0.1, -0.05) is 18.2 Å². The fourth-order valence-corrected chi connectivity index (χ4v) is 4.32. The number of likely N-dealkylation sites (tertiary alicyclic amines) is 1. The molecule has 0 radical (unpaired) electrons. The highest BCUT2D eigenvalue weighted by molar-refractivity contribution is 5.97. The number of halogens is 1. The third-order valence-corrected chi connectivity index (χ3v) is 6.00. The monoisotopic (exact) mass is 395 g/mol. The van der Waals surface area contributed by atoms with Gasteiger partial charge in [0.15, 0.2) is 0 Å². The minimum absolute atomic E-state index is 0.0757. The lowest BCUT2D eigenvalue weighted by molar-refractivity contribution is 0.0724. The fourth-order valence-electron chi connectivity index (χ4n) is 4.32. The topological polar surface area (TPSA) is 66.6 Å². The Kier molecular flexibility index (Phi) is 5.62. The maximum absolute atomic E-state index is 13.6. The second-order valence-electron chi connectivity index (χ2n) is 7.83. The van der Waals surface area contributed by atoms with Gasteiger partial charge in [0, 0.05) is 30.8 Å². The molecule has 0 spiro atoms. The first-order chi connectivity index (χ1) is 14.1. The number of benzene rings is 2. The highest BCUT2D eigenvalue weighted by Crippen LogP contribution is 2.30. The van der Waals surface area contributed by atoms with E-state index in [-0.39, 0.29) is 5.91 Å². The highest BCUT2D eigenvalue weighted by atomic mass is 19.1. The molecular weight excluding hydrogens is 369 g/mol. The van der Waals surface area contributed by atoms with Gasteiger partial charge < -0.3 is 15.5 Å². The standard InChI is InChI=1S/C23H26FN3O2/c24-15-19-14-18(22(25)28)4-5-20(19)16-3-6-21-17(13-16)7-10-27(23(21)29)12-11-26-8-1-2-9-26/h3-6,13-14H,1-2,7-12,15H2,(H2,25,28). The normalized spacial score (nSPS) is 16.9. The summed E-state index contributed by atoms with van der Waals surface area (Å²) in [6, 6.07) is 10.5. The van der Waals surface area contributed by atoms with E-state index in [1.807, 2.05) is 23.1 Å². The van der Waals surface area contributed by atoms with Crippen LogP contribution in [-0.2, 0) is 13.1 Å². The molecule has 0 unspecified atom stereocenters. The van der Waals surface area contributed by atoms with Crippen LogP contribution in [0.25, 0.3) is 11.1 Å². The smallest absolute Gasteiger partial charge is 0.254 e. The Labute approximate surface area is 170 Å². The molecule has 2 amide bonds. The van der Waals surface area contributed by atoms with Crippen LogP contribution in [0.1, 0.15) is 44.7 Å². The number of amides is 2. The zero-order chi connectivity index (χ0) is 20.4. The van der Waals surface area contributed by atoms with Gasteiger partial charge in [0.1, 0.15) is 6.67 Å². The van der Waals surface area contributed by atoms with Gasteiger partial charge >= 0.3 is 0 Å².